The molecule has 1 aromatic heterocycles. The molecule has 3 nitrogen and oxygen atoms in total. The maximum Gasteiger partial charge on any atom is 0.128 e. The SMILES string of the molecule is CCCCCCOc1ccc(CCc2ncc(-c3ccc(CCCCCC)cc3)cn2)cc1. The zero-order valence-electron chi connectivity index (χ0n) is 20.6. The summed E-state index contributed by atoms with van der Waals surface area (Å²) >= 11 is 0. The molecule has 0 aliphatic rings. The minimum absolute atomic E-state index is 0.807. The van der Waals surface area contributed by atoms with Gasteiger partial charge in [-0.15, -0.1) is 0 Å². The lowest BCUT2D eigenvalue weighted by atomic mass is 10.0. The molecule has 0 unspecified atom stereocenters. The molecular formula is C30H40N2O. The molecule has 0 aliphatic carbocycles. The molecule has 0 radical (unpaired) electrons. The summed E-state index contributed by atoms with van der Waals surface area (Å²) in [7, 11) is 0. The predicted molar refractivity (Wildman–Crippen MR) is 139 cm³/mol. The van der Waals surface area contributed by atoms with Crippen molar-refractivity contribution < 1.29 is 4.74 Å². The van der Waals surface area contributed by atoms with Crippen LogP contribution in [0.3, 0.4) is 0 Å². The third-order valence-corrected chi connectivity index (χ3v) is 6.14. The highest BCUT2D eigenvalue weighted by molar-refractivity contribution is 5.61. The Bertz CT molecular complexity index is 902. The number of aromatic nitrogens is 2. The van der Waals surface area contributed by atoms with Crippen LogP contribution in [-0.2, 0) is 19.3 Å². The van der Waals surface area contributed by atoms with Crippen LogP contribution in [0.1, 0.15) is 82.2 Å². The van der Waals surface area contributed by atoms with Crippen LogP contribution in [0.15, 0.2) is 60.9 Å². The number of nitrogens with zero attached hydrogens (tertiary/aromatic N) is 2. The lowest BCUT2D eigenvalue weighted by Crippen LogP contribution is -1.99. The Morgan fingerprint density at radius 1 is 0.576 bits per heavy atom. The van der Waals surface area contributed by atoms with Gasteiger partial charge in [0.25, 0.3) is 0 Å². The van der Waals surface area contributed by atoms with Gasteiger partial charge in [0, 0.05) is 24.4 Å². The van der Waals surface area contributed by atoms with Crippen LogP contribution in [0.2, 0.25) is 0 Å². The molecule has 0 bridgehead atoms. The van der Waals surface area contributed by atoms with E-state index >= 15 is 0 Å². The average Bonchev–Trinajstić information content (AvgIpc) is 2.87. The molecule has 1 heterocycles. The van der Waals surface area contributed by atoms with Crippen molar-refractivity contribution in [2.45, 2.75) is 84.5 Å². The second kappa shape index (κ2) is 14.5. The summed E-state index contributed by atoms with van der Waals surface area (Å²) in [5.41, 5.74) is 4.97. The fourth-order valence-electron chi connectivity index (χ4n) is 3.98. The van der Waals surface area contributed by atoms with Crippen LogP contribution in [-0.4, -0.2) is 16.6 Å². The van der Waals surface area contributed by atoms with E-state index in [-0.39, 0.29) is 0 Å². The fourth-order valence-corrected chi connectivity index (χ4v) is 3.98. The summed E-state index contributed by atoms with van der Waals surface area (Å²) in [4.78, 5) is 9.22. The number of aryl methyl sites for hydroxylation is 3. The van der Waals surface area contributed by atoms with Gasteiger partial charge in [-0.25, -0.2) is 9.97 Å². The maximum atomic E-state index is 5.84. The van der Waals surface area contributed by atoms with Gasteiger partial charge in [0.1, 0.15) is 11.6 Å². The van der Waals surface area contributed by atoms with E-state index in [1.807, 2.05) is 12.4 Å². The third kappa shape index (κ3) is 9.00. The molecule has 0 saturated carbocycles. The van der Waals surface area contributed by atoms with Gasteiger partial charge in [0.15, 0.2) is 0 Å². The van der Waals surface area contributed by atoms with E-state index in [2.05, 4.69) is 72.3 Å². The second-order valence-corrected chi connectivity index (χ2v) is 8.95. The molecule has 33 heavy (non-hydrogen) atoms. The van der Waals surface area contributed by atoms with Gasteiger partial charge in [-0.05, 0) is 54.5 Å². The zero-order valence-corrected chi connectivity index (χ0v) is 20.6. The van der Waals surface area contributed by atoms with Crippen LogP contribution >= 0.6 is 0 Å². The normalized spacial score (nSPS) is 11.0. The van der Waals surface area contributed by atoms with Crippen LogP contribution in [0, 0.1) is 0 Å². The predicted octanol–water partition coefficient (Wildman–Crippen LogP) is 8.01. The topological polar surface area (TPSA) is 35.0 Å². The van der Waals surface area contributed by atoms with Crippen molar-refractivity contribution in [3.05, 3.63) is 77.9 Å². The lowest BCUT2D eigenvalue weighted by molar-refractivity contribution is 0.305. The van der Waals surface area contributed by atoms with E-state index in [1.54, 1.807) is 0 Å². The van der Waals surface area contributed by atoms with Gasteiger partial charge in [0.05, 0.1) is 6.61 Å². The molecule has 0 atom stereocenters. The highest BCUT2D eigenvalue weighted by Crippen LogP contribution is 2.20. The van der Waals surface area contributed by atoms with E-state index in [9.17, 15) is 0 Å². The molecule has 0 amide bonds. The van der Waals surface area contributed by atoms with Crippen molar-refractivity contribution in [1.82, 2.24) is 9.97 Å². The maximum absolute atomic E-state index is 5.84. The third-order valence-electron chi connectivity index (χ3n) is 6.14. The standard InChI is InChI=1S/C30H40N2O/c1-3-5-7-9-11-25-12-17-27(18-13-25)28-23-31-30(32-24-28)21-16-26-14-19-29(20-15-26)33-22-10-8-6-4-2/h12-15,17-20,23-24H,3-11,16,21-22H2,1-2H3. The molecule has 2 aromatic carbocycles. The summed E-state index contributed by atoms with van der Waals surface area (Å²) in [5, 5.41) is 0. The number of benzene rings is 2. The summed E-state index contributed by atoms with van der Waals surface area (Å²) in [6.45, 7) is 5.29. The number of unbranched alkanes of at least 4 members (excludes halogenated alkanes) is 6. The van der Waals surface area contributed by atoms with Gasteiger partial charge >= 0.3 is 0 Å². The largest absolute Gasteiger partial charge is 0.494 e. The van der Waals surface area contributed by atoms with Crippen molar-refractivity contribution >= 4 is 0 Å². The highest BCUT2D eigenvalue weighted by atomic mass is 16.5. The lowest BCUT2D eigenvalue weighted by Gasteiger charge is -2.07. The van der Waals surface area contributed by atoms with Gasteiger partial charge in [0.2, 0.25) is 0 Å². The van der Waals surface area contributed by atoms with Crippen LogP contribution < -0.4 is 4.74 Å². The van der Waals surface area contributed by atoms with E-state index < -0.39 is 0 Å². The number of hydrogen-bond acceptors (Lipinski definition) is 3. The molecule has 176 valence electrons. The first kappa shape index (κ1) is 25.0. The second-order valence-electron chi connectivity index (χ2n) is 8.95. The van der Waals surface area contributed by atoms with Crippen molar-refractivity contribution in [3.8, 4) is 16.9 Å². The van der Waals surface area contributed by atoms with Gasteiger partial charge < -0.3 is 4.74 Å². The summed E-state index contributed by atoms with van der Waals surface area (Å²) in [6.07, 6.45) is 17.0. The first-order valence-corrected chi connectivity index (χ1v) is 12.9. The average molecular weight is 445 g/mol. The fraction of sp³-hybridized carbons (Fsp3) is 0.467. The van der Waals surface area contributed by atoms with Crippen LogP contribution in [0.5, 0.6) is 5.75 Å². The van der Waals surface area contributed by atoms with Crippen molar-refractivity contribution in [2.24, 2.45) is 0 Å². The molecule has 0 fully saturated rings. The van der Waals surface area contributed by atoms with Crippen molar-refractivity contribution in [3.63, 3.8) is 0 Å². The van der Waals surface area contributed by atoms with Crippen LogP contribution in [0.4, 0.5) is 0 Å². The number of rotatable bonds is 15. The summed E-state index contributed by atoms with van der Waals surface area (Å²) in [6, 6.07) is 17.3. The van der Waals surface area contributed by atoms with Crippen LogP contribution in [0.25, 0.3) is 11.1 Å². The molecule has 3 heteroatoms. The number of hydrogen-bond donors (Lipinski definition) is 0. The molecule has 0 saturated heterocycles. The molecule has 0 N–H and O–H groups in total. The Morgan fingerprint density at radius 2 is 1.18 bits per heavy atom. The first-order valence-electron chi connectivity index (χ1n) is 12.9. The number of ether oxygens (including phenoxy) is 1. The quantitative estimate of drug-likeness (QED) is 0.223. The molecule has 0 aliphatic heterocycles. The van der Waals surface area contributed by atoms with Crippen molar-refractivity contribution in [2.75, 3.05) is 6.61 Å². The zero-order chi connectivity index (χ0) is 23.1. The van der Waals surface area contributed by atoms with Gasteiger partial charge in [-0.1, -0.05) is 88.8 Å². The molecule has 3 aromatic rings. The van der Waals surface area contributed by atoms with Gasteiger partial charge in [-0.3, -0.25) is 0 Å². The Balaban J connectivity index is 1.43. The Kier molecular flexibility index (Phi) is 10.9. The summed E-state index contributed by atoms with van der Waals surface area (Å²) < 4.78 is 5.84. The van der Waals surface area contributed by atoms with Gasteiger partial charge in [-0.2, -0.15) is 0 Å². The molecule has 3 rings (SSSR count). The first-order chi connectivity index (χ1) is 16.3. The van der Waals surface area contributed by atoms with Crippen molar-refractivity contribution in [1.29, 1.82) is 0 Å². The van der Waals surface area contributed by atoms with E-state index in [4.69, 9.17) is 4.74 Å². The smallest absolute Gasteiger partial charge is 0.128 e. The van der Waals surface area contributed by atoms with E-state index in [1.165, 1.54) is 68.1 Å². The van der Waals surface area contributed by atoms with E-state index in [0.29, 0.717) is 0 Å². The monoisotopic (exact) mass is 444 g/mol. The minimum Gasteiger partial charge on any atom is -0.494 e. The molecular weight excluding hydrogens is 404 g/mol. The Hall–Kier alpha value is -2.68. The Morgan fingerprint density at radius 3 is 1.85 bits per heavy atom. The van der Waals surface area contributed by atoms with E-state index in [0.717, 1.165) is 43.0 Å². The highest BCUT2D eigenvalue weighted by Gasteiger charge is 2.03. The Labute approximate surface area is 200 Å². The summed E-state index contributed by atoms with van der Waals surface area (Å²) in [5.74, 6) is 1.85. The minimum atomic E-state index is 0.807. The molecule has 0 spiro atoms.